The van der Waals surface area contributed by atoms with Gasteiger partial charge in [-0.1, -0.05) is 43.3 Å². The first-order chi connectivity index (χ1) is 9.25. The van der Waals surface area contributed by atoms with E-state index in [0.29, 0.717) is 13.1 Å². The highest BCUT2D eigenvalue weighted by atomic mass is 16.2. The maximum Gasteiger partial charge on any atom is 0.239 e. The molecule has 1 heterocycles. The highest BCUT2D eigenvalue weighted by Gasteiger charge is 2.14. The van der Waals surface area contributed by atoms with Gasteiger partial charge in [0.05, 0.1) is 6.54 Å². The number of amides is 1. The van der Waals surface area contributed by atoms with Crippen molar-refractivity contribution in [2.45, 2.75) is 32.2 Å². The number of carbonyl (C=O) groups excluding carboxylic acids is 1. The fraction of sp³-hybridized carbons (Fsp3) is 0.438. The Labute approximate surface area is 115 Å². The zero-order chi connectivity index (χ0) is 13.5. The molecular formula is C16H22N2O. The topological polar surface area (TPSA) is 32.3 Å². The molecule has 1 aromatic rings. The van der Waals surface area contributed by atoms with Crippen molar-refractivity contribution in [3.8, 4) is 0 Å². The largest absolute Gasteiger partial charge is 0.366 e. The molecule has 1 saturated heterocycles. The van der Waals surface area contributed by atoms with Crippen molar-refractivity contribution < 1.29 is 4.79 Å². The maximum atomic E-state index is 11.9. The molecule has 0 spiro atoms. The summed E-state index contributed by atoms with van der Waals surface area (Å²) in [6.07, 6.45) is 4.61. The second-order valence-electron chi connectivity index (χ2n) is 5.06. The lowest BCUT2D eigenvalue weighted by Crippen LogP contribution is -2.36. The minimum absolute atomic E-state index is 0.0758. The molecule has 0 bridgehead atoms. The van der Waals surface area contributed by atoms with Crippen LogP contribution in [0.5, 0.6) is 0 Å². The fourth-order valence-electron chi connectivity index (χ4n) is 2.34. The lowest BCUT2D eigenvalue weighted by molar-refractivity contribution is -0.122. The van der Waals surface area contributed by atoms with E-state index in [1.165, 1.54) is 12.8 Å². The smallest absolute Gasteiger partial charge is 0.239 e. The SMILES string of the molecule is C=C1CCCCCN1CC(=O)NCc1ccccc1. The van der Waals surface area contributed by atoms with Gasteiger partial charge in [-0.2, -0.15) is 0 Å². The molecule has 1 amide bonds. The van der Waals surface area contributed by atoms with E-state index in [1.807, 2.05) is 30.3 Å². The molecule has 0 aliphatic carbocycles. The van der Waals surface area contributed by atoms with Crippen molar-refractivity contribution in [3.05, 3.63) is 48.2 Å². The Hall–Kier alpha value is -1.77. The van der Waals surface area contributed by atoms with E-state index in [0.717, 1.165) is 30.6 Å². The molecule has 2 rings (SSSR count). The van der Waals surface area contributed by atoms with Gasteiger partial charge in [-0.15, -0.1) is 0 Å². The van der Waals surface area contributed by atoms with Gasteiger partial charge in [-0.25, -0.2) is 0 Å². The van der Waals surface area contributed by atoms with Crippen LogP contribution in [0.2, 0.25) is 0 Å². The summed E-state index contributed by atoms with van der Waals surface area (Å²) in [7, 11) is 0. The van der Waals surface area contributed by atoms with Gasteiger partial charge in [0.1, 0.15) is 0 Å². The van der Waals surface area contributed by atoms with Crippen LogP contribution in [0.25, 0.3) is 0 Å². The van der Waals surface area contributed by atoms with Crippen LogP contribution in [0.15, 0.2) is 42.6 Å². The van der Waals surface area contributed by atoms with Gasteiger partial charge >= 0.3 is 0 Å². The third kappa shape index (κ3) is 4.43. The van der Waals surface area contributed by atoms with Crippen LogP contribution in [0.1, 0.15) is 31.2 Å². The lowest BCUT2D eigenvalue weighted by Gasteiger charge is -2.23. The summed E-state index contributed by atoms with van der Waals surface area (Å²) in [5, 5.41) is 2.97. The molecule has 1 aliphatic rings. The molecule has 1 N–H and O–H groups in total. The Kier molecular flexibility index (Phi) is 5.01. The number of allylic oxidation sites excluding steroid dienone is 1. The van der Waals surface area contributed by atoms with Crippen molar-refractivity contribution in [2.75, 3.05) is 13.1 Å². The maximum absolute atomic E-state index is 11.9. The van der Waals surface area contributed by atoms with E-state index in [2.05, 4.69) is 16.8 Å². The van der Waals surface area contributed by atoms with E-state index >= 15 is 0 Å². The number of hydrogen-bond acceptors (Lipinski definition) is 2. The molecule has 0 unspecified atom stereocenters. The van der Waals surface area contributed by atoms with E-state index in [-0.39, 0.29) is 5.91 Å². The third-order valence-corrected chi connectivity index (χ3v) is 3.51. The second-order valence-corrected chi connectivity index (χ2v) is 5.06. The molecule has 1 aliphatic heterocycles. The van der Waals surface area contributed by atoms with Crippen molar-refractivity contribution in [2.24, 2.45) is 0 Å². The molecule has 0 atom stereocenters. The minimum atomic E-state index is 0.0758. The van der Waals surface area contributed by atoms with Gasteiger partial charge in [0.25, 0.3) is 0 Å². The molecule has 1 aromatic carbocycles. The summed E-state index contributed by atoms with van der Waals surface area (Å²) in [5.74, 6) is 0.0758. The molecule has 3 heteroatoms. The van der Waals surface area contributed by atoms with E-state index in [1.54, 1.807) is 0 Å². The highest BCUT2D eigenvalue weighted by Crippen LogP contribution is 2.17. The Balaban J connectivity index is 1.79. The Bertz CT molecular complexity index is 428. The van der Waals surface area contributed by atoms with Crippen LogP contribution in [-0.4, -0.2) is 23.9 Å². The monoisotopic (exact) mass is 258 g/mol. The predicted octanol–water partition coefficient (Wildman–Crippen LogP) is 2.69. The van der Waals surface area contributed by atoms with Gasteiger partial charge in [0, 0.05) is 18.8 Å². The average molecular weight is 258 g/mol. The summed E-state index contributed by atoms with van der Waals surface area (Å²) in [4.78, 5) is 14.1. The van der Waals surface area contributed by atoms with Crippen molar-refractivity contribution in [3.63, 3.8) is 0 Å². The second kappa shape index (κ2) is 6.98. The zero-order valence-corrected chi connectivity index (χ0v) is 11.4. The normalized spacial score (nSPS) is 16.0. The molecule has 3 nitrogen and oxygen atoms in total. The van der Waals surface area contributed by atoms with Gasteiger partial charge in [-0.3, -0.25) is 4.79 Å². The first-order valence-corrected chi connectivity index (χ1v) is 6.99. The first-order valence-electron chi connectivity index (χ1n) is 6.99. The summed E-state index contributed by atoms with van der Waals surface area (Å²) >= 11 is 0. The summed E-state index contributed by atoms with van der Waals surface area (Å²) in [6.45, 7) is 6.06. The van der Waals surface area contributed by atoms with Gasteiger partial charge in [0.15, 0.2) is 0 Å². The molecule has 19 heavy (non-hydrogen) atoms. The first kappa shape index (κ1) is 13.7. The number of likely N-dealkylation sites (tertiary alicyclic amines) is 1. The van der Waals surface area contributed by atoms with Crippen molar-refractivity contribution in [1.82, 2.24) is 10.2 Å². The Morgan fingerprint density at radius 2 is 2.00 bits per heavy atom. The van der Waals surface area contributed by atoms with E-state index < -0.39 is 0 Å². The molecule has 0 aromatic heterocycles. The lowest BCUT2D eigenvalue weighted by atomic mass is 10.2. The number of hydrogen-bond donors (Lipinski definition) is 1. The van der Waals surface area contributed by atoms with Crippen LogP contribution >= 0.6 is 0 Å². The molecular weight excluding hydrogens is 236 g/mol. The van der Waals surface area contributed by atoms with Crippen molar-refractivity contribution >= 4 is 5.91 Å². The van der Waals surface area contributed by atoms with E-state index in [9.17, 15) is 4.79 Å². The van der Waals surface area contributed by atoms with Crippen LogP contribution in [0.3, 0.4) is 0 Å². The number of rotatable bonds is 4. The molecule has 0 radical (unpaired) electrons. The number of carbonyl (C=O) groups is 1. The predicted molar refractivity (Wildman–Crippen MR) is 77.5 cm³/mol. The van der Waals surface area contributed by atoms with Crippen LogP contribution in [0.4, 0.5) is 0 Å². The zero-order valence-electron chi connectivity index (χ0n) is 11.4. The quantitative estimate of drug-likeness (QED) is 0.900. The van der Waals surface area contributed by atoms with Gasteiger partial charge in [0.2, 0.25) is 5.91 Å². The molecule has 0 saturated carbocycles. The molecule has 1 fully saturated rings. The average Bonchev–Trinajstić information content (AvgIpc) is 2.63. The van der Waals surface area contributed by atoms with Gasteiger partial charge in [-0.05, 0) is 24.8 Å². The molecule has 102 valence electrons. The number of nitrogens with zero attached hydrogens (tertiary/aromatic N) is 1. The summed E-state index contributed by atoms with van der Waals surface area (Å²) in [5.41, 5.74) is 2.23. The van der Waals surface area contributed by atoms with Crippen LogP contribution < -0.4 is 5.32 Å². The minimum Gasteiger partial charge on any atom is -0.366 e. The van der Waals surface area contributed by atoms with Crippen molar-refractivity contribution in [1.29, 1.82) is 0 Å². The third-order valence-electron chi connectivity index (χ3n) is 3.51. The standard InChI is InChI=1S/C16H22N2O/c1-14-8-4-3-7-11-18(14)13-16(19)17-12-15-9-5-2-6-10-15/h2,5-6,9-10H,1,3-4,7-8,11-13H2,(H,17,19). The van der Waals surface area contributed by atoms with Crippen LogP contribution in [-0.2, 0) is 11.3 Å². The van der Waals surface area contributed by atoms with Gasteiger partial charge < -0.3 is 10.2 Å². The number of benzene rings is 1. The summed E-state index contributed by atoms with van der Waals surface area (Å²) < 4.78 is 0. The Morgan fingerprint density at radius 3 is 2.79 bits per heavy atom. The van der Waals surface area contributed by atoms with Crippen LogP contribution in [0, 0.1) is 0 Å². The number of nitrogens with one attached hydrogen (secondary N) is 1. The van der Waals surface area contributed by atoms with E-state index in [4.69, 9.17) is 0 Å². The highest BCUT2D eigenvalue weighted by molar-refractivity contribution is 5.78. The summed E-state index contributed by atoms with van der Waals surface area (Å²) in [6, 6.07) is 9.99. The fourth-order valence-corrected chi connectivity index (χ4v) is 2.34. The Morgan fingerprint density at radius 1 is 1.21 bits per heavy atom.